The minimum atomic E-state index is -1.24. The molecule has 1 amide bonds. The Morgan fingerprint density at radius 3 is 2.40 bits per heavy atom. The molecule has 1 aliphatic heterocycles. The molecule has 5 nitrogen and oxygen atoms in total. The molecule has 0 aliphatic carbocycles. The quantitative estimate of drug-likeness (QED) is 0.720. The molecule has 0 aromatic carbocycles. The molecule has 0 spiro atoms. The average molecular weight is 215 g/mol. The fraction of sp³-hybridized carbons (Fsp3) is 0.800. The van der Waals surface area contributed by atoms with E-state index in [4.69, 9.17) is 9.84 Å². The van der Waals surface area contributed by atoms with Gasteiger partial charge >= 0.3 is 5.97 Å². The van der Waals surface area contributed by atoms with Crippen LogP contribution in [0.2, 0.25) is 0 Å². The molecule has 1 saturated heterocycles. The highest BCUT2D eigenvalue weighted by molar-refractivity contribution is 5.88. The third-order valence-corrected chi connectivity index (χ3v) is 2.49. The van der Waals surface area contributed by atoms with Crippen molar-refractivity contribution in [3.63, 3.8) is 0 Å². The summed E-state index contributed by atoms with van der Waals surface area (Å²) in [5.41, 5.74) is -1.24. The fourth-order valence-corrected chi connectivity index (χ4v) is 1.44. The number of nitrogens with one attached hydrogen (secondary N) is 1. The van der Waals surface area contributed by atoms with Crippen molar-refractivity contribution in [2.24, 2.45) is 0 Å². The average Bonchev–Trinajstić information content (AvgIpc) is 2.50. The molecule has 2 atom stereocenters. The van der Waals surface area contributed by atoms with Gasteiger partial charge in [-0.3, -0.25) is 4.79 Å². The maximum Gasteiger partial charge on any atom is 0.328 e. The molecule has 0 saturated carbocycles. The van der Waals surface area contributed by atoms with Crippen molar-refractivity contribution < 1.29 is 19.4 Å². The summed E-state index contributed by atoms with van der Waals surface area (Å²) in [6.07, 6.45) is 1.07. The van der Waals surface area contributed by atoms with E-state index in [2.05, 4.69) is 5.32 Å². The van der Waals surface area contributed by atoms with E-state index in [-0.39, 0.29) is 12.0 Å². The van der Waals surface area contributed by atoms with Crippen molar-refractivity contribution in [3.8, 4) is 0 Å². The zero-order chi connectivity index (χ0) is 11.6. The van der Waals surface area contributed by atoms with E-state index in [1.165, 1.54) is 13.8 Å². The number of carbonyl (C=O) groups excluding carboxylic acids is 1. The van der Waals surface area contributed by atoms with Crippen molar-refractivity contribution in [1.29, 1.82) is 0 Å². The van der Waals surface area contributed by atoms with Crippen molar-refractivity contribution >= 4 is 11.9 Å². The van der Waals surface area contributed by atoms with Gasteiger partial charge in [-0.05, 0) is 33.6 Å². The number of carbonyl (C=O) groups is 2. The number of carboxylic acids is 1. The minimum Gasteiger partial charge on any atom is -0.480 e. The third kappa shape index (κ3) is 2.92. The van der Waals surface area contributed by atoms with Crippen LogP contribution in [-0.2, 0) is 14.3 Å². The molecular weight excluding hydrogens is 198 g/mol. The van der Waals surface area contributed by atoms with Gasteiger partial charge in [0.25, 0.3) is 0 Å². The number of carboxylic acid groups (broad SMARTS) is 1. The van der Waals surface area contributed by atoms with Crippen LogP contribution in [0.1, 0.15) is 33.6 Å². The van der Waals surface area contributed by atoms with Crippen molar-refractivity contribution in [2.45, 2.75) is 51.4 Å². The lowest BCUT2D eigenvalue weighted by molar-refractivity contribution is -0.148. The molecule has 0 aromatic rings. The number of aliphatic carboxylic acids is 1. The first-order chi connectivity index (χ1) is 6.83. The second-order valence-electron chi connectivity index (χ2n) is 4.43. The van der Waals surface area contributed by atoms with E-state index in [0.29, 0.717) is 6.42 Å². The Labute approximate surface area is 88.8 Å². The van der Waals surface area contributed by atoms with Gasteiger partial charge in [-0.1, -0.05) is 0 Å². The number of hydrogen-bond acceptors (Lipinski definition) is 3. The second kappa shape index (κ2) is 4.18. The van der Waals surface area contributed by atoms with Crippen LogP contribution < -0.4 is 5.32 Å². The van der Waals surface area contributed by atoms with E-state index in [1.54, 1.807) is 0 Å². The van der Waals surface area contributed by atoms with E-state index in [9.17, 15) is 9.59 Å². The third-order valence-electron chi connectivity index (χ3n) is 2.49. The molecule has 2 unspecified atom stereocenters. The van der Waals surface area contributed by atoms with Crippen LogP contribution in [0.4, 0.5) is 0 Å². The van der Waals surface area contributed by atoms with E-state index < -0.39 is 17.6 Å². The van der Waals surface area contributed by atoms with Gasteiger partial charge < -0.3 is 15.2 Å². The Balaban J connectivity index is 2.52. The van der Waals surface area contributed by atoms with Gasteiger partial charge in [-0.15, -0.1) is 0 Å². The van der Waals surface area contributed by atoms with E-state index in [0.717, 1.165) is 6.42 Å². The molecule has 5 heteroatoms. The van der Waals surface area contributed by atoms with Gasteiger partial charge in [0, 0.05) is 0 Å². The normalized spacial score (nSPS) is 26.3. The predicted molar refractivity (Wildman–Crippen MR) is 53.4 cm³/mol. The Morgan fingerprint density at radius 2 is 2.00 bits per heavy atom. The summed E-state index contributed by atoms with van der Waals surface area (Å²) in [5, 5.41) is 11.3. The maximum absolute atomic E-state index is 11.6. The molecular formula is C10H17NO4. The van der Waals surface area contributed by atoms with Gasteiger partial charge in [0.15, 0.2) is 0 Å². The molecule has 1 fully saturated rings. The van der Waals surface area contributed by atoms with Crippen LogP contribution in [0.25, 0.3) is 0 Å². The van der Waals surface area contributed by atoms with Crippen LogP contribution in [0.5, 0.6) is 0 Å². The Kier molecular flexibility index (Phi) is 3.34. The first-order valence-electron chi connectivity index (χ1n) is 5.04. The molecule has 1 aliphatic rings. The highest BCUT2D eigenvalue weighted by Gasteiger charge is 2.34. The smallest absolute Gasteiger partial charge is 0.328 e. The maximum atomic E-state index is 11.6. The molecule has 1 heterocycles. The van der Waals surface area contributed by atoms with E-state index in [1.807, 2.05) is 6.92 Å². The van der Waals surface area contributed by atoms with Crippen molar-refractivity contribution in [3.05, 3.63) is 0 Å². The summed E-state index contributed by atoms with van der Waals surface area (Å²) in [5.74, 6) is -1.39. The summed E-state index contributed by atoms with van der Waals surface area (Å²) in [7, 11) is 0. The molecule has 0 aromatic heterocycles. The molecule has 15 heavy (non-hydrogen) atoms. The second-order valence-corrected chi connectivity index (χ2v) is 4.43. The largest absolute Gasteiger partial charge is 0.480 e. The topological polar surface area (TPSA) is 75.6 Å². The monoisotopic (exact) mass is 215 g/mol. The Bertz CT molecular complexity index is 275. The van der Waals surface area contributed by atoms with Gasteiger partial charge in [-0.25, -0.2) is 4.79 Å². The molecule has 0 bridgehead atoms. The standard InChI is InChI=1S/C10H17NO4/c1-6-4-5-7(15-6)8(12)11-10(2,3)9(13)14/h6-7H,4-5H2,1-3H3,(H,11,12)(H,13,14). The van der Waals surface area contributed by atoms with Crippen LogP contribution in [0.3, 0.4) is 0 Å². The number of rotatable bonds is 3. The van der Waals surface area contributed by atoms with Crippen LogP contribution in [0, 0.1) is 0 Å². The van der Waals surface area contributed by atoms with Crippen LogP contribution in [-0.4, -0.2) is 34.7 Å². The molecule has 86 valence electrons. The summed E-state index contributed by atoms with van der Waals surface area (Å²) < 4.78 is 5.34. The van der Waals surface area contributed by atoms with E-state index >= 15 is 0 Å². The fourth-order valence-electron chi connectivity index (χ4n) is 1.44. The summed E-state index contributed by atoms with van der Waals surface area (Å²) in [6.45, 7) is 4.80. The first kappa shape index (κ1) is 12.0. The van der Waals surface area contributed by atoms with Gasteiger partial charge in [0.2, 0.25) is 5.91 Å². The molecule has 0 radical (unpaired) electrons. The molecule has 1 rings (SSSR count). The molecule has 2 N–H and O–H groups in total. The highest BCUT2D eigenvalue weighted by atomic mass is 16.5. The highest BCUT2D eigenvalue weighted by Crippen LogP contribution is 2.19. The number of hydrogen-bond donors (Lipinski definition) is 2. The lowest BCUT2D eigenvalue weighted by Crippen LogP contribution is -2.52. The number of ether oxygens (including phenoxy) is 1. The lowest BCUT2D eigenvalue weighted by atomic mass is 10.1. The Hall–Kier alpha value is -1.10. The SMILES string of the molecule is CC1CCC(C(=O)NC(C)(C)C(=O)O)O1. The van der Waals surface area contributed by atoms with Gasteiger partial charge in [0.05, 0.1) is 6.10 Å². The predicted octanol–water partition coefficient (Wildman–Crippen LogP) is 0.533. The minimum absolute atomic E-state index is 0.0775. The Morgan fingerprint density at radius 1 is 1.40 bits per heavy atom. The zero-order valence-electron chi connectivity index (χ0n) is 9.24. The summed E-state index contributed by atoms with van der Waals surface area (Å²) in [6, 6.07) is 0. The van der Waals surface area contributed by atoms with Crippen LogP contribution >= 0.6 is 0 Å². The summed E-state index contributed by atoms with van der Waals surface area (Å²) in [4.78, 5) is 22.4. The summed E-state index contributed by atoms with van der Waals surface area (Å²) >= 11 is 0. The van der Waals surface area contributed by atoms with Gasteiger partial charge in [-0.2, -0.15) is 0 Å². The van der Waals surface area contributed by atoms with Crippen molar-refractivity contribution in [2.75, 3.05) is 0 Å². The zero-order valence-corrected chi connectivity index (χ0v) is 9.24. The lowest BCUT2D eigenvalue weighted by Gasteiger charge is -2.23. The first-order valence-corrected chi connectivity index (χ1v) is 5.04. The number of amides is 1. The van der Waals surface area contributed by atoms with Crippen molar-refractivity contribution in [1.82, 2.24) is 5.32 Å². The van der Waals surface area contributed by atoms with Crippen LogP contribution in [0.15, 0.2) is 0 Å². The van der Waals surface area contributed by atoms with Gasteiger partial charge in [0.1, 0.15) is 11.6 Å².